The van der Waals surface area contributed by atoms with E-state index in [1.165, 1.54) is 0 Å². The van der Waals surface area contributed by atoms with Crippen LogP contribution in [0.5, 0.6) is 0 Å². The van der Waals surface area contributed by atoms with E-state index in [0.717, 1.165) is 11.3 Å². The van der Waals surface area contributed by atoms with Gasteiger partial charge in [0.2, 0.25) is 5.82 Å². The second-order valence-electron chi connectivity index (χ2n) is 4.73. The Balaban J connectivity index is 2.07. The van der Waals surface area contributed by atoms with Crippen molar-refractivity contribution in [2.75, 3.05) is 30.4 Å². The zero-order chi connectivity index (χ0) is 18.1. The van der Waals surface area contributed by atoms with Gasteiger partial charge in [0.1, 0.15) is 6.61 Å². The van der Waals surface area contributed by atoms with Crippen LogP contribution in [0.2, 0.25) is 0 Å². The molecule has 1 aromatic heterocycles. The summed E-state index contributed by atoms with van der Waals surface area (Å²) in [6.07, 6.45) is 0.564. The van der Waals surface area contributed by atoms with Gasteiger partial charge >= 0.3 is 8.25 Å². The van der Waals surface area contributed by atoms with Crippen molar-refractivity contribution >= 4 is 37.0 Å². The van der Waals surface area contributed by atoms with Crippen LogP contribution in [-0.2, 0) is 13.8 Å². The van der Waals surface area contributed by atoms with Crippen LogP contribution in [0.4, 0.5) is 11.4 Å². The standard InChI is InChI=1S/C13H17N6O4PS/c1-2-22-13(25)15-11-7-9(12-16-18-19-17-12)6-10(8-11)14-4-3-5-23-24(20)21/h6-8,14H,2-5H2,1H3,(H2-,15,16,17,18,19,20,21,25)/p+1. The molecule has 2 aromatic rings. The number of nitrogens with zero attached hydrogens (tertiary/aromatic N) is 3. The largest absolute Gasteiger partial charge is 0.694 e. The summed E-state index contributed by atoms with van der Waals surface area (Å²) in [7, 11) is -2.56. The van der Waals surface area contributed by atoms with E-state index in [1.54, 1.807) is 0 Å². The fraction of sp³-hybridized carbons (Fsp3) is 0.385. The number of anilines is 2. The van der Waals surface area contributed by atoms with Gasteiger partial charge in [-0.3, -0.25) is 0 Å². The van der Waals surface area contributed by atoms with E-state index in [1.807, 2.05) is 25.1 Å². The molecule has 0 aliphatic carbocycles. The first-order chi connectivity index (χ1) is 12.1. The molecule has 10 nitrogen and oxygen atoms in total. The van der Waals surface area contributed by atoms with Crippen molar-refractivity contribution in [1.82, 2.24) is 20.6 Å². The third-order valence-electron chi connectivity index (χ3n) is 2.91. The van der Waals surface area contributed by atoms with Crippen molar-refractivity contribution in [1.29, 1.82) is 0 Å². The Morgan fingerprint density at radius 1 is 1.40 bits per heavy atom. The minimum atomic E-state index is -2.56. The zero-order valence-electron chi connectivity index (χ0n) is 13.4. The number of tetrazole rings is 1. The van der Waals surface area contributed by atoms with Crippen molar-refractivity contribution < 1.29 is 18.7 Å². The smallest absolute Gasteiger partial charge is 0.471 e. The Morgan fingerprint density at radius 3 is 2.88 bits per heavy atom. The van der Waals surface area contributed by atoms with Gasteiger partial charge in [0.25, 0.3) is 5.17 Å². The minimum absolute atomic E-state index is 0.183. The lowest BCUT2D eigenvalue weighted by Crippen LogP contribution is -2.13. The van der Waals surface area contributed by atoms with Crippen LogP contribution in [0.1, 0.15) is 13.3 Å². The highest BCUT2D eigenvalue weighted by Gasteiger charge is 2.11. The Hall–Kier alpha value is -2.20. The highest BCUT2D eigenvalue weighted by molar-refractivity contribution is 7.80. The highest BCUT2D eigenvalue weighted by Crippen LogP contribution is 2.25. The number of nitrogens with one attached hydrogen (secondary N) is 3. The van der Waals surface area contributed by atoms with Crippen LogP contribution in [0.25, 0.3) is 11.4 Å². The Morgan fingerprint density at radius 2 is 2.20 bits per heavy atom. The second-order valence-corrected chi connectivity index (χ2v) is 5.84. The lowest BCUT2D eigenvalue weighted by molar-refractivity contribution is 0.280. The molecule has 25 heavy (non-hydrogen) atoms. The molecule has 1 atom stereocenters. The van der Waals surface area contributed by atoms with Gasteiger partial charge in [0, 0.05) is 28.0 Å². The molecule has 4 N–H and O–H groups in total. The molecule has 0 spiro atoms. The number of ether oxygens (including phenoxy) is 1. The van der Waals surface area contributed by atoms with Gasteiger partial charge in [0.05, 0.1) is 6.61 Å². The van der Waals surface area contributed by atoms with Gasteiger partial charge in [-0.25, -0.2) is 0 Å². The molecule has 2 rings (SSSR count). The number of hydrogen-bond acceptors (Lipinski definition) is 8. The van der Waals surface area contributed by atoms with E-state index in [2.05, 4.69) is 35.8 Å². The molecule has 0 bridgehead atoms. The number of rotatable bonds is 9. The number of thiocarbonyl (C=S) groups is 1. The summed E-state index contributed by atoms with van der Waals surface area (Å²) in [5.74, 6) is 0.439. The average molecular weight is 385 g/mol. The lowest BCUT2D eigenvalue weighted by atomic mass is 10.1. The minimum Gasteiger partial charge on any atom is -0.471 e. The van der Waals surface area contributed by atoms with Crippen LogP contribution in [0.3, 0.4) is 0 Å². The van der Waals surface area contributed by atoms with Crippen LogP contribution in [0, 0.1) is 0 Å². The predicted octanol–water partition coefficient (Wildman–Crippen LogP) is 2.07. The summed E-state index contributed by atoms with van der Waals surface area (Å²) in [6, 6.07) is 5.52. The summed E-state index contributed by atoms with van der Waals surface area (Å²) in [5, 5.41) is 20.3. The summed E-state index contributed by atoms with van der Waals surface area (Å²) in [4.78, 5) is 8.59. The van der Waals surface area contributed by atoms with Crippen molar-refractivity contribution in [2.45, 2.75) is 13.3 Å². The van der Waals surface area contributed by atoms with E-state index >= 15 is 0 Å². The van der Waals surface area contributed by atoms with Crippen molar-refractivity contribution in [3.63, 3.8) is 0 Å². The molecule has 0 aliphatic rings. The molecule has 0 saturated carbocycles. The number of aromatic nitrogens is 4. The molecule has 0 saturated heterocycles. The first-order valence-corrected chi connectivity index (χ1v) is 8.98. The van der Waals surface area contributed by atoms with Crippen LogP contribution in [0.15, 0.2) is 18.2 Å². The third-order valence-corrected chi connectivity index (χ3v) is 3.53. The number of aromatic amines is 1. The van der Waals surface area contributed by atoms with Gasteiger partial charge in [-0.05, 0) is 49.0 Å². The maximum absolute atomic E-state index is 10.5. The number of benzene rings is 1. The van der Waals surface area contributed by atoms with Gasteiger partial charge in [-0.1, -0.05) is 0 Å². The molecular weight excluding hydrogens is 367 g/mol. The second kappa shape index (κ2) is 9.94. The summed E-state index contributed by atoms with van der Waals surface area (Å²) in [6.45, 7) is 3.05. The fourth-order valence-corrected chi connectivity index (χ4v) is 2.47. The summed E-state index contributed by atoms with van der Waals surface area (Å²) >= 11 is 5.10. The van der Waals surface area contributed by atoms with Gasteiger partial charge in [0.15, 0.2) is 0 Å². The number of hydrogen-bond donors (Lipinski definition) is 4. The van der Waals surface area contributed by atoms with E-state index in [9.17, 15) is 4.57 Å². The van der Waals surface area contributed by atoms with E-state index in [0.29, 0.717) is 31.1 Å². The Bertz CT molecular complexity index is 715. The molecule has 134 valence electrons. The van der Waals surface area contributed by atoms with Gasteiger partial charge in [-0.15, -0.1) is 19.6 Å². The Labute approximate surface area is 150 Å². The highest BCUT2D eigenvalue weighted by atomic mass is 32.1. The topological polar surface area (TPSA) is 134 Å². The molecule has 0 amide bonds. The molecule has 1 aromatic carbocycles. The van der Waals surface area contributed by atoms with Crippen molar-refractivity contribution in [3.05, 3.63) is 18.2 Å². The maximum atomic E-state index is 10.5. The van der Waals surface area contributed by atoms with E-state index in [4.69, 9.17) is 21.8 Å². The molecule has 1 unspecified atom stereocenters. The van der Waals surface area contributed by atoms with Crippen molar-refractivity contribution in [2.24, 2.45) is 0 Å². The van der Waals surface area contributed by atoms with Crippen LogP contribution < -0.4 is 10.6 Å². The third kappa shape index (κ3) is 6.67. The molecular formula is C13H18N6O4PS+. The molecule has 12 heteroatoms. The van der Waals surface area contributed by atoms with Crippen molar-refractivity contribution in [3.8, 4) is 11.4 Å². The first-order valence-electron chi connectivity index (χ1n) is 7.44. The Kier molecular flexibility index (Phi) is 7.61. The van der Waals surface area contributed by atoms with Gasteiger partial charge in [-0.2, -0.15) is 5.21 Å². The van der Waals surface area contributed by atoms with Crippen LogP contribution in [-0.4, -0.2) is 50.5 Å². The number of H-pyrrole nitrogens is 1. The lowest BCUT2D eigenvalue weighted by Gasteiger charge is -2.12. The normalized spacial score (nSPS) is 11.0. The molecule has 0 aliphatic heterocycles. The molecule has 0 fully saturated rings. The SMILES string of the molecule is CCOC(=S)Nc1cc(NCCCO[P+](=O)O)cc(-c2nn[nH]n2)c1. The quantitative estimate of drug-likeness (QED) is 0.289. The van der Waals surface area contributed by atoms with Crippen LogP contribution >= 0.6 is 20.5 Å². The zero-order valence-corrected chi connectivity index (χ0v) is 15.1. The summed E-state index contributed by atoms with van der Waals surface area (Å²) in [5.41, 5.74) is 2.23. The monoisotopic (exact) mass is 385 g/mol. The first kappa shape index (κ1) is 19.1. The molecule has 1 heterocycles. The maximum Gasteiger partial charge on any atom is 0.694 e. The molecule has 0 radical (unpaired) electrons. The summed E-state index contributed by atoms with van der Waals surface area (Å²) < 4.78 is 20.3. The average Bonchev–Trinajstić information content (AvgIpc) is 3.08. The predicted molar refractivity (Wildman–Crippen MR) is 96.3 cm³/mol. The van der Waals surface area contributed by atoms with E-state index < -0.39 is 8.25 Å². The van der Waals surface area contributed by atoms with E-state index in [-0.39, 0.29) is 11.8 Å². The van der Waals surface area contributed by atoms with Gasteiger partial charge < -0.3 is 15.4 Å². The fourth-order valence-electron chi connectivity index (χ4n) is 1.95.